The van der Waals surface area contributed by atoms with Crippen molar-refractivity contribution >= 4 is 11.9 Å². The molecule has 4 nitrogen and oxygen atoms in total. The van der Waals surface area contributed by atoms with E-state index in [0.29, 0.717) is 12.4 Å². The molecule has 1 unspecified atom stereocenters. The quantitative estimate of drug-likeness (QED) is 0.648. The first-order valence-corrected chi connectivity index (χ1v) is 8.91. The summed E-state index contributed by atoms with van der Waals surface area (Å²) in [6.07, 6.45) is 9.57. The Hall–Kier alpha value is -1.45. The highest BCUT2D eigenvalue weighted by Crippen LogP contribution is 2.24. The second kappa shape index (κ2) is 8.99. The number of aryl methyl sites for hydroxylation is 1. The van der Waals surface area contributed by atoms with E-state index in [4.69, 9.17) is 0 Å². The molecule has 0 saturated heterocycles. The molecule has 0 spiro atoms. The number of nitrogens with zero attached hydrogens (tertiary/aromatic N) is 3. The monoisotopic (exact) mass is 319 g/mol. The van der Waals surface area contributed by atoms with Gasteiger partial charge in [-0.3, -0.25) is 9.69 Å². The standard InChI is InChI=1S/C19H33N3O/c1-7-9-10-11-15(3)22(17(23)12-19(4,5)6)18-20-13-16(8-2)14-21-18/h13-15H,7-12H2,1-6H3. The first-order valence-electron chi connectivity index (χ1n) is 8.91. The molecule has 0 bridgehead atoms. The van der Waals surface area contributed by atoms with E-state index in [0.717, 1.165) is 24.8 Å². The summed E-state index contributed by atoms with van der Waals surface area (Å²) in [6, 6.07) is 0.129. The third kappa shape index (κ3) is 6.67. The lowest BCUT2D eigenvalue weighted by Crippen LogP contribution is -2.41. The van der Waals surface area contributed by atoms with Crippen LogP contribution in [0.1, 0.15) is 79.2 Å². The van der Waals surface area contributed by atoms with E-state index in [1.54, 1.807) is 4.90 Å². The van der Waals surface area contributed by atoms with Crippen molar-refractivity contribution in [2.24, 2.45) is 5.41 Å². The number of hydrogen-bond acceptors (Lipinski definition) is 3. The summed E-state index contributed by atoms with van der Waals surface area (Å²) < 4.78 is 0. The fourth-order valence-corrected chi connectivity index (χ4v) is 2.57. The number of aromatic nitrogens is 2. The normalized spacial score (nSPS) is 13.0. The van der Waals surface area contributed by atoms with Crippen LogP contribution in [0.25, 0.3) is 0 Å². The summed E-state index contributed by atoms with van der Waals surface area (Å²) in [5.74, 6) is 0.659. The van der Waals surface area contributed by atoms with Gasteiger partial charge in [-0.1, -0.05) is 53.9 Å². The SMILES string of the molecule is CCCCCC(C)N(C(=O)CC(C)(C)C)c1ncc(CC)cn1. The van der Waals surface area contributed by atoms with Gasteiger partial charge in [0.1, 0.15) is 0 Å². The molecule has 0 aliphatic carbocycles. The first kappa shape index (κ1) is 19.6. The van der Waals surface area contributed by atoms with Crippen LogP contribution in [0.5, 0.6) is 0 Å². The Morgan fingerprint density at radius 3 is 2.26 bits per heavy atom. The van der Waals surface area contributed by atoms with Crippen LogP contribution in [-0.2, 0) is 11.2 Å². The minimum Gasteiger partial charge on any atom is -0.278 e. The van der Waals surface area contributed by atoms with E-state index in [2.05, 4.69) is 51.5 Å². The maximum absolute atomic E-state index is 12.8. The van der Waals surface area contributed by atoms with E-state index >= 15 is 0 Å². The van der Waals surface area contributed by atoms with Gasteiger partial charge in [0.25, 0.3) is 0 Å². The minimum atomic E-state index is -0.0399. The molecule has 1 amide bonds. The van der Waals surface area contributed by atoms with Crippen molar-refractivity contribution in [2.45, 2.75) is 86.1 Å². The molecule has 0 saturated carbocycles. The van der Waals surface area contributed by atoms with E-state index in [1.807, 2.05) is 12.4 Å². The average molecular weight is 319 g/mol. The van der Waals surface area contributed by atoms with Crippen molar-refractivity contribution in [1.29, 1.82) is 0 Å². The number of hydrogen-bond donors (Lipinski definition) is 0. The highest BCUT2D eigenvalue weighted by Gasteiger charge is 2.27. The third-order valence-electron chi connectivity index (χ3n) is 3.93. The molecule has 23 heavy (non-hydrogen) atoms. The summed E-state index contributed by atoms with van der Waals surface area (Å²) in [7, 11) is 0. The lowest BCUT2D eigenvalue weighted by molar-refractivity contribution is -0.120. The van der Waals surface area contributed by atoms with Crippen molar-refractivity contribution in [3.05, 3.63) is 18.0 Å². The summed E-state index contributed by atoms with van der Waals surface area (Å²) in [5, 5.41) is 0. The summed E-state index contributed by atoms with van der Waals surface area (Å²) in [4.78, 5) is 23.5. The van der Waals surface area contributed by atoms with Crippen LogP contribution < -0.4 is 4.90 Å². The molecule has 1 atom stereocenters. The Kier molecular flexibility index (Phi) is 7.66. The van der Waals surface area contributed by atoms with Crippen LogP contribution in [0, 0.1) is 5.41 Å². The largest absolute Gasteiger partial charge is 0.278 e. The zero-order valence-corrected chi connectivity index (χ0v) is 15.7. The molecular formula is C19H33N3O. The molecule has 0 radical (unpaired) electrons. The maximum Gasteiger partial charge on any atom is 0.232 e. The molecule has 0 aromatic carbocycles. The predicted octanol–water partition coefficient (Wildman–Crippen LogP) is 4.78. The van der Waals surface area contributed by atoms with Crippen LogP contribution in [0.3, 0.4) is 0 Å². The topological polar surface area (TPSA) is 46.1 Å². The maximum atomic E-state index is 12.8. The summed E-state index contributed by atoms with van der Waals surface area (Å²) >= 11 is 0. The van der Waals surface area contributed by atoms with Crippen molar-refractivity contribution in [1.82, 2.24) is 9.97 Å². The molecule has 130 valence electrons. The van der Waals surface area contributed by atoms with Crippen LogP contribution >= 0.6 is 0 Å². The second-order valence-electron chi connectivity index (χ2n) is 7.59. The lowest BCUT2D eigenvalue weighted by Gasteiger charge is -2.30. The molecule has 0 aliphatic rings. The highest BCUT2D eigenvalue weighted by molar-refractivity contribution is 5.92. The summed E-state index contributed by atoms with van der Waals surface area (Å²) in [5.41, 5.74) is 1.05. The van der Waals surface area contributed by atoms with Gasteiger partial charge >= 0.3 is 0 Å². The van der Waals surface area contributed by atoms with Gasteiger partial charge in [0.2, 0.25) is 11.9 Å². The van der Waals surface area contributed by atoms with E-state index < -0.39 is 0 Å². The van der Waals surface area contributed by atoms with Crippen LogP contribution in [0.15, 0.2) is 12.4 Å². The van der Waals surface area contributed by atoms with E-state index in [-0.39, 0.29) is 17.4 Å². The van der Waals surface area contributed by atoms with Gasteiger partial charge in [-0.15, -0.1) is 0 Å². The number of amides is 1. The summed E-state index contributed by atoms with van der Waals surface area (Å²) in [6.45, 7) is 12.6. The van der Waals surface area contributed by atoms with Crippen LogP contribution in [-0.4, -0.2) is 21.9 Å². The van der Waals surface area contributed by atoms with Crippen LogP contribution in [0.4, 0.5) is 5.95 Å². The van der Waals surface area contributed by atoms with Gasteiger partial charge in [-0.2, -0.15) is 0 Å². The van der Waals surface area contributed by atoms with Gasteiger partial charge in [-0.25, -0.2) is 9.97 Å². The lowest BCUT2D eigenvalue weighted by atomic mass is 9.91. The fraction of sp³-hybridized carbons (Fsp3) is 0.737. The van der Waals surface area contributed by atoms with Crippen molar-refractivity contribution in [2.75, 3.05) is 4.90 Å². The average Bonchev–Trinajstić information content (AvgIpc) is 2.46. The van der Waals surface area contributed by atoms with Gasteiger partial charge in [-0.05, 0) is 30.7 Å². The zero-order chi connectivity index (χ0) is 17.5. The molecular weight excluding hydrogens is 286 g/mol. The van der Waals surface area contributed by atoms with E-state index in [9.17, 15) is 4.79 Å². The van der Waals surface area contributed by atoms with Gasteiger partial charge in [0.15, 0.2) is 0 Å². The molecule has 4 heteroatoms. The molecule has 0 N–H and O–H groups in total. The van der Waals surface area contributed by atoms with Gasteiger partial charge in [0.05, 0.1) is 0 Å². The Morgan fingerprint density at radius 2 is 1.78 bits per heavy atom. The van der Waals surface area contributed by atoms with Crippen LogP contribution in [0.2, 0.25) is 0 Å². The predicted molar refractivity (Wildman–Crippen MR) is 96.6 cm³/mol. The minimum absolute atomic E-state index is 0.0399. The van der Waals surface area contributed by atoms with E-state index in [1.165, 1.54) is 12.8 Å². The molecule has 1 aromatic heterocycles. The van der Waals surface area contributed by atoms with Gasteiger partial charge < -0.3 is 0 Å². The first-order chi connectivity index (χ1) is 10.8. The Bertz CT molecular complexity index is 476. The smallest absolute Gasteiger partial charge is 0.232 e. The molecule has 0 aliphatic heterocycles. The molecule has 1 heterocycles. The fourth-order valence-electron chi connectivity index (χ4n) is 2.57. The molecule has 0 fully saturated rings. The second-order valence-corrected chi connectivity index (χ2v) is 7.59. The number of rotatable bonds is 8. The Balaban J connectivity index is 2.96. The van der Waals surface area contributed by atoms with Crippen molar-refractivity contribution in [3.63, 3.8) is 0 Å². The van der Waals surface area contributed by atoms with Crippen molar-refractivity contribution < 1.29 is 4.79 Å². The third-order valence-corrected chi connectivity index (χ3v) is 3.93. The number of anilines is 1. The van der Waals surface area contributed by atoms with Crippen molar-refractivity contribution in [3.8, 4) is 0 Å². The van der Waals surface area contributed by atoms with Gasteiger partial charge in [0, 0.05) is 24.9 Å². The number of carbonyl (C=O) groups excluding carboxylic acids is 1. The molecule has 1 rings (SSSR count). The Labute approximate surface area is 141 Å². The Morgan fingerprint density at radius 1 is 1.17 bits per heavy atom. The highest BCUT2D eigenvalue weighted by atomic mass is 16.2. The zero-order valence-electron chi connectivity index (χ0n) is 15.7. The number of unbranched alkanes of at least 4 members (excludes halogenated alkanes) is 2. The number of carbonyl (C=O) groups is 1. The molecule has 1 aromatic rings.